The van der Waals surface area contributed by atoms with Crippen molar-refractivity contribution < 1.29 is 14.3 Å². The number of carbonyl (C=O) groups is 2. The number of aromatic nitrogens is 3. The minimum absolute atomic E-state index is 0.0163. The average molecular weight is 456 g/mol. The Balaban J connectivity index is 1.38. The molecule has 8 nitrogen and oxygen atoms in total. The Bertz CT molecular complexity index is 1240. The number of fused-ring (bicyclic) bond motifs is 2. The molecule has 0 saturated carbocycles. The third-order valence-electron chi connectivity index (χ3n) is 7.09. The summed E-state index contributed by atoms with van der Waals surface area (Å²) >= 11 is 0. The summed E-state index contributed by atoms with van der Waals surface area (Å²) in [6.07, 6.45) is 5.87. The maximum atomic E-state index is 13.1. The van der Waals surface area contributed by atoms with Crippen LogP contribution in [0.15, 0.2) is 66.7 Å². The molecule has 6 rings (SSSR count). The third kappa shape index (κ3) is 3.29. The molecule has 3 heterocycles. The van der Waals surface area contributed by atoms with Crippen molar-refractivity contribution in [3.8, 4) is 5.75 Å². The molecule has 8 heteroatoms. The molecule has 0 spiro atoms. The first-order chi connectivity index (χ1) is 16.6. The van der Waals surface area contributed by atoms with Gasteiger partial charge in [0.05, 0.1) is 31.0 Å². The van der Waals surface area contributed by atoms with E-state index in [1.54, 1.807) is 7.11 Å². The molecule has 1 saturated heterocycles. The monoisotopic (exact) mass is 455 g/mol. The highest BCUT2D eigenvalue weighted by Crippen LogP contribution is 2.41. The molecule has 2 amide bonds. The number of allylic oxidation sites excluding steroid dienone is 2. The largest absolute Gasteiger partial charge is 0.497 e. The van der Waals surface area contributed by atoms with Gasteiger partial charge in [0.15, 0.2) is 0 Å². The molecule has 2 aliphatic heterocycles. The summed E-state index contributed by atoms with van der Waals surface area (Å²) in [6, 6.07) is 18.0. The lowest BCUT2D eigenvalue weighted by Crippen LogP contribution is -2.32. The highest BCUT2D eigenvalue weighted by Gasteiger charge is 2.49. The minimum Gasteiger partial charge on any atom is -0.497 e. The molecule has 3 aliphatic rings. The molecule has 34 heavy (non-hydrogen) atoms. The number of nitrogens with zero attached hydrogens (tertiary/aromatic N) is 4. The van der Waals surface area contributed by atoms with Crippen LogP contribution in [0.3, 0.4) is 0 Å². The first-order valence-corrected chi connectivity index (χ1v) is 11.6. The Morgan fingerprint density at radius 3 is 2.24 bits per heavy atom. The van der Waals surface area contributed by atoms with E-state index in [0.717, 1.165) is 23.3 Å². The van der Waals surface area contributed by atoms with Gasteiger partial charge in [0, 0.05) is 0 Å². The summed E-state index contributed by atoms with van der Waals surface area (Å²) < 4.78 is 7.11. The molecule has 0 unspecified atom stereocenters. The maximum absolute atomic E-state index is 13.1. The van der Waals surface area contributed by atoms with E-state index in [1.165, 1.54) is 4.90 Å². The summed E-state index contributed by atoms with van der Waals surface area (Å²) in [4.78, 5) is 32.1. The highest BCUT2D eigenvalue weighted by atomic mass is 16.5. The Morgan fingerprint density at radius 1 is 0.912 bits per heavy atom. The van der Waals surface area contributed by atoms with Crippen LogP contribution in [0.4, 0.5) is 11.9 Å². The molecule has 4 atom stereocenters. The Hall–Kier alpha value is -3.94. The lowest BCUT2D eigenvalue weighted by Gasteiger charge is -2.31. The van der Waals surface area contributed by atoms with Gasteiger partial charge < -0.3 is 10.1 Å². The van der Waals surface area contributed by atoms with Crippen LogP contribution in [0.2, 0.25) is 0 Å². The van der Waals surface area contributed by atoms with Gasteiger partial charge in [-0.2, -0.15) is 4.98 Å². The van der Waals surface area contributed by atoms with Crippen molar-refractivity contribution in [3.63, 3.8) is 0 Å². The van der Waals surface area contributed by atoms with E-state index in [2.05, 4.69) is 22.4 Å². The van der Waals surface area contributed by atoms with E-state index in [-0.39, 0.29) is 41.7 Å². The number of methoxy groups -OCH3 is 1. The van der Waals surface area contributed by atoms with Crippen LogP contribution in [0, 0.1) is 11.8 Å². The van der Waals surface area contributed by atoms with Crippen LogP contribution < -0.4 is 15.0 Å². The zero-order valence-electron chi connectivity index (χ0n) is 18.8. The molecule has 1 aromatic heterocycles. The van der Waals surface area contributed by atoms with Gasteiger partial charge in [-0.3, -0.25) is 9.59 Å². The summed E-state index contributed by atoms with van der Waals surface area (Å²) in [7, 11) is 1.65. The molecular formula is C26H25N5O3. The van der Waals surface area contributed by atoms with Gasteiger partial charge in [0.1, 0.15) is 5.75 Å². The number of hydrogen-bond donors (Lipinski definition) is 1. The fourth-order valence-corrected chi connectivity index (χ4v) is 5.27. The van der Waals surface area contributed by atoms with Gasteiger partial charge >= 0.3 is 0 Å². The number of rotatable bonds is 4. The summed E-state index contributed by atoms with van der Waals surface area (Å²) in [6.45, 7) is 0. The molecule has 1 N–H and O–H groups in total. The van der Waals surface area contributed by atoms with E-state index in [9.17, 15) is 9.59 Å². The van der Waals surface area contributed by atoms with Gasteiger partial charge in [0.25, 0.3) is 5.95 Å². The number of imide groups is 1. The highest BCUT2D eigenvalue weighted by molar-refractivity contribution is 6.21. The predicted octanol–water partition coefficient (Wildman–Crippen LogP) is 3.89. The second kappa shape index (κ2) is 8.13. The van der Waals surface area contributed by atoms with E-state index in [1.807, 2.05) is 59.3 Å². The molecule has 0 bridgehead atoms. The quantitative estimate of drug-likeness (QED) is 0.474. The van der Waals surface area contributed by atoms with E-state index in [4.69, 9.17) is 9.84 Å². The lowest BCUT2D eigenvalue weighted by molar-refractivity contribution is -0.122. The van der Waals surface area contributed by atoms with Crippen LogP contribution in [-0.4, -0.2) is 33.7 Å². The number of ether oxygens (including phenoxy) is 1. The van der Waals surface area contributed by atoms with Crippen molar-refractivity contribution in [1.82, 2.24) is 14.8 Å². The SMILES string of the molecule is COc1ccc([C@@H]2C[C@H](c3ccccc3)n3nc(N4C(=O)[C@H]5CC=CC[C@H]5C4=O)nc3N2)cc1. The number of carbonyl (C=O) groups excluding carboxylic acids is 2. The zero-order valence-corrected chi connectivity index (χ0v) is 18.8. The van der Waals surface area contributed by atoms with Gasteiger partial charge in [-0.05, 0) is 42.5 Å². The minimum atomic E-state index is -0.317. The summed E-state index contributed by atoms with van der Waals surface area (Å²) in [5.41, 5.74) is 2.19. The number of benzene rings is 2. The van der Waals surface area contributed by atoms with Gasteiger partial charge in [-0.1, -0.05) is 54.6 Å². The molecule has 1 aliphatic carbocycles. The van der Waals surface area contributed by atoms with Crippen molar-refractivity contribution in [2.24, 2.45) is 11.8 Å². The third-order valence-corrected chi connectivity index (χ3v) is 7.09. The smallest absolute Gasteiger partial charge is 0.260 e. The molecule has 2 aromatic carbocycles. The molecule has 3 aromatic rings. The van der Waals surface area contributed by atoms with E-state index < -0.39 is 0 Å². The lowest BCUT2D eigenvalue weighted by atomic mass is 9.85. The Labute approximate surface area is 197 Å². The van der Waals surface area contributed by atoms with Crippen LogP contribution in [-0.2, 0) is 9.59 Å². The first kappa shape index (κ1) is 20.7. The fourth-order valence-electron chi connectivity index (χ4n) is 5.27. The van der Waals surface area contributed by atoms with E-state index >= 15 is 0 Å². The van der Waals surface area contributed by atoms with Crippen molar-refractivity contribution in [1.29, 1.82) is 0 Å². The van der Waals surface area contributed by atoms with Crippen LogP contribution in [0.25, 0.3) is 0 Å². The Kier molecular flexibility index (Phi) is 4.94. The maximum Gasteiger partial charge on any atom is 0.260 e. The fraction of sp³-hybridized carbons (Fsp3) is 0.308. The predicted molar refractivity (Wildman–Crippen MR) is 126 cm³/mol. The second-order valence-electron chi connectivity index (χ2n) is 8.98. The van der Waals surface area contributed by atoms with Crippen molar-refractivity contribution in [3.05, 3.63) is 77.9 Å². The normalized spacial score (nSPS) is 25.6. The molecular weight excluding hydrogens is 430 g/mol. The van der Waals surface area contributed by atoms with Crippen molar-refractivity contribution >= 4 is 23.7 Å². The van der Waals surface area contributed by atoms with Crippen LogP contribution in [0.5, 0.6) is 5.75 Å². The molecule has 172 valence electrons. The second-order valence-corrected chi connectivity index (χ2v) is 8.98. The number of hydrogen-bond acceptors (Lipinski definition) is 6. The zero-order chi connectivity index (χ0) is 23.2. The van der Waals surface area contributed by atoms with Crippen LogP contribution in [0.1, 0.15) is 42.5 Å². The molecule has 0 radical (unpaired) electrons. The van der Waals surface area contributed by atoms with Gasteiger partial charge in [-0.15, -0.1) is 5.10 Å². The topological polar surface area (TPSA) is 89.4 Å². The van der Waals surface area contributed by atoms with Gasteiger partial charge in [0.2, 0.25) is 17.8 Å². The van der Waals surface area contributed by atoms with E-state index in [0.29, 0.717) is 18.8 Å². The van der Waals surface area contributed by atoms with Gasteiger partial charge in [-0.25, -0.2) is 9.58 Å². The Morgan fingerprint density at radius 2 is 1.59 bits per heavy atom. The first-order valence-electron chi connectivity index (χ1n) is 11.6. The summed E-state index contributed by atoms with van der Waals surface area (Å²) in [5, 5.41) is 8.17. The van der Waals surface area contributed by atoms with Crippen molar-refractivity contribution in [2.75, 3.05) is 17.3 Å². The number of anilines is 2. The van der Waals surface area contributed by atoms with Crippen molar-refractivity contribution in [2.45, 2.75) is 31.3 Å². The number of amides is 2. The van der Waals surface area contributed by atoms with Crippen LogP contribution >= 0.6 is 0 Å². The average Bonchev–Trinajstić information content (AvgIpc) is 3.42. The standard InChI is InChI=1S/C26H25N5O3/c1-34-18-13-11-16(12-14-18)21-15-22(17-7-3-2-4-8-17)31-25(27-21)28-26(29-31)30-23(32)19-9-5-6-10-20(19)24(30)33/h2-8,11-14,19-22H,9-10,15H2,1H3,(H,27,28,29)/t19-,20+,21-,22+/m0/s1. The molecule has 1 fully saturated rings. The number of nitrogens with one attached hydrogen (secondary N) is 1. The summed E-state index contributed by atoms with van der Waals surface area (Å²) in [5.74, 6) is 0.459.